The van der Waals surface area contributed by atoms with Gasteiger partial charge in [0.15, 0.2) is 11.6 Å². The van der Waals surface area contributed by atoms with Crippen LogP contribution in [-0.4, -0.2) is 205 Å². The quantitative estimate of drug-likeness (QED) is 0.0104. The van der Waals surface area contributed by atoms with Crippen molar-refractivity contribution in [3.8, 4) is 11.5 Å². The van der Waals surface area contributed by atoms with Gasteiger partial charge >= 0.3 is 23.9 Å². The van der Waals surface area contributed by atoms with Gasteiger partial charge in [-0.15, -0.1) is 10.1 Å². The third kappa shape index (κ3) is 36.3. The van der Waals surface area contributed by atoms with Crippen LogP contribution in [0.5, 0.6) is 11.5 Å². The molecule has 0 saturated carbocycles. The normalized spacial score (nSPS) is 13.3. The first kappa shape index (κ1) is 88.1. The average Bonchev–Trinajstić information content (AvgIpc) is 1.26. The summed E-state index contributed by atoms with van der Waals surface area (Å²) in [6.07, 6.45) is -0.746. The zero-order chi connectivity index (χ0) is 71.8. The number of hydrogen-bond acceptors (Lipinski definition) is 27. The Labute approximate surface area is 543 Å². The summed E-state index contributed by atoms with van der Waals surface area (Å²) >= 11 is 0. The van der Waals surface area contributed by atoms with Crippen molar-refractivity contribution in [1.82, 2.24) is 10.1 Å². The van der Waals surface area contributed by atoms with Crippen molar-refractivity contribution >= 4 is 80.8 Å². The molecule has 0 spiro atoms. The predicted octanol–water partition coefficient (Wildman–Crippen LogP) is 4.21. The number of benzene rings is 2. The Morgan fingerprint density at radius 3 is 0.938 bits per heavy atom. The molecule has 2 saturated heterocycles. The number of amides is 4. The summed E-state index contributed by atoms with van der Waals surface area (Å²) < 4.78 is 199. The molecule has 0 radical (unpaired) electrons. The van der Waals surface area contributed by atoms with E-state index in [-0.39, 0.29) is 179 Å². The maximum Gasteiger partial charge on any atom is 0.335 e. The molecule has 1 atom stereocenters. The molecule has 39 heteroatoms. The second-order valence-corrected chi connectivity index (χ2v) is 20.6. The lowest BCUT2D eigenvalue weighted by molar-refractivity contribution is -0.198. The Bertz CT molecular complexity index is 3000. The van der Waals surface area contributed by atoms with Crippen LogP contribution >= 0.6 is 0 Å². The second-order valence-electron chi connectivity index (χ2n) is 19.1. The first-order chi connectivity index (χ1) is 44.7. The highest BCUT2D eigenvalue weighted by molar-refractivity contribution is 7.87. The van der Waals surface area contributed by atoms with Crippen LogP contribution in [-0.2, 0) is 115 Å². The Kier molecular flexibility index (Phi) is 44.0. The standard InChI is InChI=1S/C15H15F5O5.C15H16F4O5.C13H19NO10S.C13H19NO7.CH3/c1-8(21)2-4-23-6-7-24-5-3-9(22)25-15-13(19)11(17)10(16)12(18)14(15)20;1-9(20)2-4-22-6-7-23-5-3-12(21)24-15-13(18)10(16)8-11(17)14(15)19;1-9(15)2-4-22-6-7-23-5-3-12(17)24-14-11(16)8-10(13(14)18)25(19,20)21;1-10(15)4-6-19-8-9-20-7-5-13(18)21-14-11(16)2-3-12(14)17;/h2-7H2,1H3;8H,2-7H2,1H3;10H,2-8H2,1H3,(H,19,20,21);2-9H2,1H3;1H3/q;;;;+1/p-1. The molecule has 540 valence electrons. The van der Waals surface area contributed by atoms with Crippen LogP contribution in [0.4, 0.5) is 39.5 Å². The van der Waals surface area contributed by atoms with Crippen molar-refractivity contribution in [2.75, 3.05) is 106 Å². The highest BCUT2D eigenvalue weighted by atomic mass is 32.2. The molecule has 2 aliphatic heterocycles. The molecule has 0 bridgehead atoms. The Balaban J connectivity index is 0.00000125. The smallest absolute Gasteiger partial charge is 0.335 e. The lowest BCUT2D eigenvalue weighted by Crippen LogP contribution is -2.36. The van der Waals surface area contributed by atoms with Crippen molar-refractivity contribution < 1.29 is 167 Å². The van der Waals surface area contributed by atoms with E-state index in [9.17, 15) is 110 Å². The minimum atomic E-state index is -5.00. The van der Waals surface area contributed by atoms with Crippen LogP contribution in [0.3, 0.4) is 0 Å². The van der Waals surface area contributed by atoms with E-state index in [0.717, 1.165) is 0 Å². The Morgan fingerprint density at radius 1 is 0.396 bits per heavy atom. The topological polar surface area (TPSA) is 379 Å². The summed E-state index contributed by atoms with van der Waals surface area (Å²) in [7, 11) is -5.00. The van der Waals surface area contributed by atoms with Gasteiger partial charge in [-0.1, -0.05) is 0 Å². The third-order valence-electron chi connectivity index (χ3n) is 11.2. The second kappa shape index (κ2) is 47.9. The summed E-state index contributed by atoms with van der Waals surface area (Å²) in [6, 6.07) is 0.0111. The van der Waals surface area contributed by atoms with Crippen LogP contribution in [0, 0.1) is 59.8 Å². The largest absolute Gasteiger partial charge is 0.747 e. The lowest BCUT2D eigenvalue weighted by atomic mass is 10.2. The number of carbonyl (C=O) groups is 12. The summed E-state index contributed by atoms with van der Waals surface area (Å²) in [5.74, 6) is -28.7. The predicted molar refractivity (Wildman–Crippen MR) is 300 cm³/mol. The SMILES string of the molecule is CC(=O)CCOCCOCCC(=O)ON1C(=O)CC(S(=O)(=O)[O-])C1=O.CC(=O)CCOCCOCCC(=O)ON1C(=O)CCC1=O.CC(=O)CCOCCOCCC(=O)Oc1c(F)c(F)c(F)c(F)c1F.CC(=O)CCOCCOCCC(=O)Oc1c(F)c(F)cc(F)c1F.[CH3+]. The molecule has 2 heterocycles. The van der Waals surface area contributed by atoms with E-state index in [0.29, 0.717) is 31.1 Å². The summed E-state index contributed by atoms with van der Waals surface area (Å²) in [5, 5.41) is -1.57. The van der Waals surface area contributed by atoms with Gasteiger partial charge in [0.2, 0.25) is 52.2 Å². The van der Waals surface area contributed by atoms with Crippen molar-refractivity contribution in [1.29, 1.82) is 0 Å². The number of carbonyl (C=O) groups excluding carboxylic acids is 12. The fourth-order valence-electron chi connectivity index (χ4n) is 6.28. The van der Waals surface area contributed by atoms with Gasteiger partial charge in [0, 0.05) is 52.0 Å². The fourth-order valence-corrected chi connectivity index (χ4v) is 6.96. The number of ether oxygens (including phenoxy) is 10. The Hall–Kier alpha value is -7.89. The van der Waals surface area contributed by atoms with E-state index >= 15 is 0 Å². The first-order valence-electron chi connectivity index (χ1n) is 28.2. The van der Waals surface area contributed by atoms with E-state index in [1.165, 1.54) is 27.7 Å². The summed E-state index contributed by atoms with van der Waals surface area (Å²) in [6.45, 7) is 8.05. The number of imide groups is 2. The molecule has 2 aromatic rings. The van der Waals surface area contributed by atoms with Crippen LogP contribution < -0.4 is 9.47 Å². The van der Waals surface area contributed by atoms with Crippen molar-refractivity contribution in [3.05, 3.63) is 65.8 Å². The summed E-state index contributed by atoms with van der Waals surface area (Å²) in [5.41, 5.74) is 0. The van der Waals surface area contributed by atoms with E-state index in [4.69, 9.17) is 37.9 Å². The lowest BCUT2D eigenvalue weighted by Gasteiger charge is -2.15. The molecule has 0 N–H and O–H groups in total. The molecule has 2 aromatic carbocycles. The maximum atomic E-state index is 13.3. The molecule has 96 heavy (non-hydrogen) atoms. The monoisotopic (exact) mass is 1420 g/mol. The fraction of sp³-hybridized carbons (Fsp3) is 0.561. The van der Waals surface area contributed by atoms with E-state index in [1.807, 2.05) is 0 Å². The number of rotatable bonds is 41. The Morgan fingerprint density at radius 2 is 0.656 bits per heavy atom. The van der Waals surface area contributed by atoms with Gasteiger partial charge in [0.1, 0.15) is 38.5 Å². The number of nitrogens with zero attached hydrogens (tertiary/aromatic N) is 2. The number of halogens is 9. The molecule has 4 rings (SSSR count). The van der Waals surface area contributed by atoms with Crippen LogP contribution in [0.1, 0.15) is 98.3 Å². The molecule has 0 aliphatic carbocycles. The average molecular weight is 1420 g/mol. The zero-order valence-corrected chi connectivity index (χ0v) is 53.3. The number of esters is 2. The highest BCUT2D eigenvalue weighted by Gasteiger charge is 2.45. The van der Waals surface area contributed by atoms with Gasteiger partial charge in [-0.05, 0) is 27.7 Å². The van der Waals surface area contributed by atoms with Crippen LogP contribution in [0.25, 0.3) is 0 Å². The molecule has 2 aliphatic rings. The highest BCUT2D eigenvalue weighted by Crippen LogP contribution is 2.30. The minimum absolute atomic E-state index is 0. The molecular weight excluding hydrogens is 1350 g/mol. The van der Waals surface area contributed by atoms with E-state index in [1.54, 1.807) is 0 Å². The molecular formula is C57H71F9N2O27S. The van der Waals surface area contributed by atoms with Gasteiger partial charge in [-0.3, -0.25) is 47.9 Å². The number of Topliss-reactive ketones (excluding diaryl/α,β-unsaturated/α-hetero) is 4. The van der Waals surface area contributed by atoms with Crippen molar-refractivity contribution in [2.45, 2.75) is 104 Å². The van der Waals surface area contributed by atoms with Crippen molar-refractivity contribution in [3.63, 3.8) is 0 Å². The van der Waals surface area contributed by atoms with Gasteiger partial charge in [-0.25, -0.2) is 40.0 Å². The van der Waals surface area contributed by atoms with Gasteiger partial charge in [0.05, 0.1) is 138 Å². The van der Waals surface area contributed by atoms with Crippen molar-refractivity contribution in [2.24, 2.45) is 0 Å². The first-order valence-corrected chi connectivity index (χ1v) is 29.6. The number of ketones is 4. The third-order valence-corrected chi connectivity index (χ3v) is 12.2. The van der Waals surface area contributed by atoms with Crippen LogP contribution in [0.2, 0.25) is 0 Å². The van der Waals surface area contributed by atoms with E-state index in [2.05, 4.69) is 19.1 Å². The summed E-state index contributed by atoms with van der Waals surface area (Å²) in [4.78, 5) is 143. The molecule has 4 amide bonds. The van der Waals surface area contributed by atoms with Gasteiger partial charge < -0.3 is 61.6 Å². The maximum absolute atomic E-state index is 13.3. The van der Waals surface area contributed by atoms with E-state index < -0.39 is 140 Å². The van der Waals surface area contributed by atoms with Gasteiger partial charge in [0.25, 0.3) is 23.6 Å². The minimum Gasteiger partial charge on any atom is -0.747 e. The zero-order valence-electron chi connectivity index (χ0n) is 52.5. The number of hydrogen-bond donors (Lipinski definition) is 0. The number of hydroxylamine groups is 4. The van der Waals surface area contributed by atoms with Crippen LogP contribution in [0.15, 0.2) is 6.07 Å². The molecule has 1 unspecified atom stereocenters. The van der Waals surface area contributed by atoms with Gasteiger partial charge in [-0.2, -0.15) is 17.6 Å². The molecule has 0 aromatic heterocycles. The molecule has 2 fully saturated rings. The molecule has 29 nitrogen and oxygen atoms in total.